The number of sulfone groups is 2. The quantitative estimate of drug-likeness (QED) is 0.828. The van der Waals surface area contributed by atoms with Gasteiger partial charge in [-0.3, -0.25) is 5.10 Å². The van der Waals surface area contributed by atoms with Crippen LogP contribution in [0.4, 0.5) is 0 Å². The maximum Gasteiger partial charge on any atom is 0.353 e. The maximum atomic E-state index is 11.8. The van der Waals surface area contributed by atoms with Crippen molar-refractivity contribution in [2.75, 3.05) is 12.5 Å². The van der Waals surface area contributed by atoms with Crippen LogP contribution in [-0.4, -0.2) is 50.6 Å². The number of hydrogen-bond donors (Lipinski definition) is 2. The van der Waals surface area contributed by atoms with Crippen molar-refractivity contribution in [3.05, 3.63) is 30.0 Å². The van der Waals surface area contributed by atoms with Gasteiger partial charge in [-0.15, -0.1) is 0 Å². The van der Waals surface area contributed by atoms with E-state index in [0.717, 1.165) is 24.6 Å². The molecule has 0 aliphatic rings. The second-order valence-corrected chi connectivity index (χ2v) is 8.65. The zero-order valence-corrected chi connectivity index (χ0v) is 13.2. The number of benzene rings is 1. The lowest BCUT2D eigenvalue weighted by molar-refractivity contribution is 0.0690. The Morgan fingerprint density at radius 3 is 2.09 bits per heavy atom. The van der Waals surface area contributed by atoms with Gasteiger partial charge in [0.1, 0.15) is 5.69 Å². The summed E-state index contributed by atoms with van der Waals surface area (Å²) in [6.07, 6.45) is 1.81. The lowest BCUT2D eigenvalue weighted by Crippen LogP contribution is -2.07. The summed E-state index contributed by atoms with van der Waals surface area (Å²) in [7, 11) is -7.52. The van der Waals surface area contributed by atoms with Gasteiger partial charge < -0.3 is 5.11 Å². The molecule has 0 spiro atoms. The van der Waals surface area contributed by atoms with Crippen LogP contribution in [0.1, 0.15) is 10.5 Å². The van der Waals surface area contributed by atoms with Gasteiger partial charge in [-0.05, 0) is 18.2 Å². The summed E-state index contributed by atoms with van der Waals surface area (Å²) in [5.74, 6) is -1.21. The monoisotopic (exact) mass is 344 g/mol. The highest BCUT2D eigenvalue weighted by Crippen LogP contribution is 2.27. The number of carboxylic acids is 1. The number of rotatable bonds is 4. The SMILES string of the molecule is CS(=O)(=O)c1ccc(-c2cc(C(=O)O)[nH]n2)cc1S(C)(=O)=O. The van der Waals surface area contributed by atoms with Crippen molar-refractivity contribution in [3.8, 4) is 11.3 Å². The summed E-state index contributed by atoms with van der Waals surface area (Å²) in [6.45, 7) is 0. The van der Waals surface area contributed by atoms with Crippen LogP contribution in [0.25, 0.3) is 11.3 Å². The van der Waals surface area contributed by atoms with Gasteiger partial charge in [0.25, 0.3) is 0 Å². The van der Waals surface area contributed by atoms with Crippen LogP contribution in [0.2, 0.25) is 0 Å². The zero-order valence-electron chi connectivity index (χ0n) is 11.6. The highest BCUT2D eigenvalue weighted by atomic mass is 32.2. The van der Waals surface area contributed by atoms with E-state index in [4.69, 9.17) is 5.11 Å². The fraction of sp³-hybridized carbons (Fsp3) is 0.167. The molecule has 0 aliphatic heterocycles. The molecule has 22 heavy (non-hydrogen) atoms. The van der Waals surface area contributed by atoms with E-state index >= 15 is 0 Å². The third kappa shape index (κ3) is 3.17. The molecule has 2 rings (SSSR count). The summed E-state index contributed by atoms with van der Waals surface area (Å²) in [4.78, 5) is 10.1. The van der Waals surface area contributed by atoms with Crippen molar-refractivity contribution < 1.29 is 26.7 Å². The van der Waals surface area contributed by atoms with Crippen molar-refractivity contribution in [1.29, 1.82) is 0 Å². The Hall–Kier alpha value is -2.20. The van der Waals surface area contributed by atoms with Crippen LogP contribution in [0.3, 0.4) is 0 Å². The van der Waals surface area contributed by atoms with Crippen LogP contribution < -0.4 is 0 Å². The van der Waals surface area contributed by atoms with E-state index in [1.807, 2.05) is 0 Å². The first-order valence-electron chi connectivity index (χ1n) is 5.83. The molecule has 0 aliphatic carbocycles. The van der Waals surface area contributed by atoms with Gasteiger partial charge in [0.15, 0.2) is 19.7 Å². The number of nitrogens with one attached hydrogen (secondary N) is 1. The van der Waals surface area contributed by atoms with Crippen LogP contribution in [-0.2, 0) is 19.7 Å². The van der Waals surface area contributed by atoms with Crippen LogP contribution in [0.15, 0.2) is 34.1 Å². The molecule has 0 unspecified atom stereocenters. The number of aromatic carboxylic acids is 1. The molecule has 0 saturated heterocycles. The normalized spacial score (nSPS) is 12.3. The predicted molar refractivity (Wildman–Crippen MR) is 77.2 cm³/mol. The molecule has 0 atom stereocenters. The molecule has 1 heterocycles. The van der Waals surface area contributed by atoms with Gasteiger partial charge >= 0.3 is 5.97 Å². The Morgan fingerprint density at radius 1 is 1.05 bits per heavy atom. The summed E-state index contributed by atoms with van der Waals surface area (Å²) in [5, 5.41) is 14.9. The third-order valence-electron chi connectivity index (χ3n) is 2.85. The largest absolute Gasteiger partial charge is 0.477 e. The van der Waals surface area contributed by atoms with E-state index in [1.54, 1.807) is 0 Å². The zero-order chi connectivity index (χ0) is 16.7. The lowest BCUT2D eigenvalue weighted by atomic mass is 10.1. The standard InChI is InChI=1S/C12H12N2O6S2/c1-21(17,18)10-4-3-7(5-11(10)22(2,19)20)8-6-9(12(15)16)14-13-8/h3-6H,1-2H3,(H,13,14)(H,15,16). The van der Waals surface area contributed by atoms with Crippen molar-refractivity contribution in [2.45, 2.75) is 9.79 Å². The molecular formula is C12H12N2O6S2. The van der Waals surface area contributed by atoms with E-state index in [1.165, 1.54) is 12.1 Å². The number of carbonyl (C=O) groups is 1. The van der Waals surface area contributed by atoms with Crippen molar-refractivity contribution in [1.82, 2.24) is 10.2 Å². The van der Waals surface area contributed by atoms with Gasteiger partial charge in [0, 0.05) is 18.1 Å². The molecule has 10 heteroatoms. The second kappa shape index (κ2) is 5.21. The van der Waals surface area contributed by atoms with Crippen molar-refractivity contribution in [3.63, 3.8) is 0 Å². The minimum Gasteiger partial charge on any atom is -0.477 e. The fourth-order valence-electron chi connectivity index (χ4n) is 1.84. The Bertz CT molecular complexity index is 957. The Balaban J connectivity index is 2.68. The smallest absolute Gasteiger partial charge is 0.353 e. The molecule has 0 radical (unpaired) electrons. The minimum absolute atomic E-state index is 0.164. The second-order valence-electron chi connectivity index (χ2n) is 4.68. The molecular weight excluding hydrogens is 332 g/mol. The average molecular weight is 344 g/mol. The number of nitrogens with zero attached hydrogens (tertiary/aromatic N) is 1. The highest BCUT2D eigenvalue weighted by Gasteiger charge is 2.22. The Kier molecular flexibility index (Phi) is 3.83. The first-order valence-corrected chi connectivity index (χ1v) is 9.61. The van der Waals surface area contributed by atoms with Gasteiger partial charge in [-0.2, -0.15) is 5.10 Å². The van der Waals surface area contributed by atoms with E-state index < -0.39 is 25.6 Å². The number of aromatic amines is 1. The minimum atomic E-state index is -3.79. The van der Waals surface area contributed by atoms with Crippen molar-refractivity contribution in [2.24, 2.45) is 0 Å². The molecule has 2 aromatic rings. The summed E-state index contributed by atoms with van der Waals surface area (Å²) in [6, 6.07) is 4.92. The topological polar surface area (TPSA) is 134 Å². The average Bonchev–Trinajstić information content (AvgIpc) is 2.85. The summed E-state index contributed by atoms with van der Waals surface area (Å²) < 4.78 is 47.0. The van der Waals surface area contributed by atoms with E-state index in [-0.39, 0.29) is 26.7 Å². The van der Waals surface area contributed by atoms with E-state index in [9.17, 15) is 21.6 Å². The van der Waals surface area contributed by atoms with Gasteiger partial charge in [0.05, 0.1) is 15.5 Å². The van der Waals surface area contributed by atoms with Crippen LogP contribution >= 0.6 is 0 Å². The maximum absolute atomic E-state index is 11.8. The van der Waals surface area contributed by atoms with Gasteiger partial charge in [-0.1, -0.05) is 6.07 Å². The summed E-state index contributed by atoms with van der Waals surface area (Å²) >= 11 is 0. The molecule has 8 nitrogen and oxygen atoms in total. The highest BCUT2D eigenvalue weighted by molar-refractivity contribution is 7.93. The number of hydrogen-bond acceptors (Lipinski definition) is 6. The molecule has 118 valence electrons. The number of aromatic nitrogens is 2. The third-order valence-corrected chi connectivity index (χ3v) is 5.27. The first kappa shape index (κ1) is 16.2. The molecule has 0 saturated carbocycles. The van der Waals surface area contributed by atoms with E-state index in [0.29, 0.717) is 0 Å². The van der Waals surface area contributed by atoms with E-state index in [2.05, 4.69) is 10.2 Å². The van der Waals surface area contributed by atoms with Crippen LogP contribution in [0.5, 0.6) is 0 Å². The Labute approximate surface area is 126 Å². The molecule has 2 N–H and O–H groups in total. The predicted octanol–water partition coefficient (Wildman–Crippen LogP) is 0.582. The molecule has 0 bridgehead atoms. The summed E-state index contributed by atoms with van der Waals surface area (Å²) in [5.41, 5.74) is 0.321. The van der Waals surface area contributed by atoms with Crippen LogP contribution in [0, 0.1) is 0 Å². The van der Waals surface area contributed by atoms with Crippen molar-refractivity contribution >= 4 is 25.6 Å². The number of carboxylic acid groups (broad SMARTS) is 1. The van der Waals surface area contributed by atoms with Gasteiger partial charge in [-0.25, -0.2) is 21.6 Å². The first-order chi connectivity index (χ1) is 10.00. The lowest BCUT2D eigenvalue weighted by Gasteiger charge is -2.08. The molecule has 1 aromatic carbocycles. The van der Waals surface area contributed by atoms with Gasteiger partial charge in [0.2, 0.25) is 0 Å². The number of H-pyrrole nitrogens is 1. The molecule has 1 aromatic heterocycles. The fourth-order valence-corrected chi connectivity index (χ4v) is 4.27. The Morgan fingerprint density at radius 2 is 1.64 bits per heavy atom. The molecule has 0 fully saturated rings. The molecule has 0 amide bonds.